The van der Waals surface area contributed by atoms with E-state index in [-0.39, 0.29) is 17.1 Å². The SMILES string of the molecule is CC.N=Cc1cc(N)ncc1NCC(F)(F)C(F)(F)F. The lowest BCUT2D eigenvalue weighted by atomic mass is 10.2. The van der Waals surface area contributed by atoms with Gasteiger partial charge in [0.1, 0.15) is 5.82 Å². The van der Waals surface area contributed by atoms with Crippen molar-refractivity contribution in [3.8, 4) is 0 Å². The summed E-state index contributed by atoms with van der Waals surface area (Å²) in [7, 11) is 0. The maximum atomic E-state index is 12.6. The predicted octanol–water partition coefficient (Wildman–Crippen LogP) is 3.30. The van der Waals surface area contributed by atoms with Crippen LogP contribution >= 0.6 is 0 Å². The van der Waals surface area contributed by atoms with E-state index in [0.29, 0.717) is 0 Å². The Kier molecular flexibility index (Phi) is 6.34. The molecule has 0 atom stereocenters. The van der Waals surface area contributed by atoms with Crippen molar-refractivity contribution < 1.29 is 22.0 Å². The topological polar surface area (TPSA) is 74.8 Å². The van der Waals surface area contributed by atoms with Crippen LogP contribution in [0.25, 0.3) is 0 Å². The second kappa shape index (κ2) is 7.01. The lowest BCUT2D eigenvalue weighted by Gasteiger charge is -2.20. The minimum Gasteiger partial charge on any atom is -0.384 e. The molecule has 4 N–H and O–H groups in total. The molecule has 9 heteroatoms. The molecule has 0 radical (unpaired) electrons. The molecular formula is C11H15F5N4. The molecule has 0 aliphatic heterocycles. The number of nitrogens with two attached hydrogens (primary N) is 1. The van der Waals surface area contributed by atoms with Gasteiger partial charge in [-0.15, -0.1) is 0 Å². The molecule has 0 saturated carbocycles. The molecule has 0 spiro atoms. The van der Waals surface area contributed by atoms with Crippen LogP contribution in [0.4, 0.5) is 33.5 Å². The van der Waals surface area contributed by atoms with E-state index in [1.54, 1.807) is 0 Å². The van der Waals surface area contributed by atoms with E-state index in [4.69, 9.17) is 11.1 Å². The number of hydrogen-bond acceptors (Lipinski definition) is 4. The van der Waals surface area contributed by atoms with Crippen molar-refractivity contribution in [1.29, 1.82) is 5.41 Å². The van der Waals surface area contributed by atoms with Crippen LogP contribution < -0.4 is 11.1 Å². The number of halogens is 5. The van der Waals surface area contributed by atoms with Crippen molar-refractivity contribution in [2.45, 2.75) is 25.9 Å². The third kappa shape index (κ3) is 4.63. The van der Waals surface area contributed by atoms with E-state index < -0.39 is 18.6 Å². The molecule has 0 amide bonds. The van der Waals surface area contributed by atoms with Crippen LogP contribution in [0.15, 0.2) is 12.3 Å². The number of alkyl halides is 5. The number of nitrogens with one attached hydrogen (secondary N) is 2. The van der Waals surface area contributed by atoms with E-state index in [1.165, 1.54) is 6.07 Å². The van der Waals surface area contributed by atoms with E-state index >= 15 is 0 Å². The van der Waals surface area contributed by atoms with Gasteiger partial charge in [-0.05, 0) is 6.07 Å². The lowest BCUT2D eigenvalue weighted by molar-refractivity contribution is -0.275. The van der Waals surface area contributed by atoms with E-state index in [0.717, 1.165) is 12.4 Å². The van der Waals surface area contributed by atoms with Gasteiger partial charge < -0.3 is 16.5 Å². The summed E-state index contributed by atoms with van der Waals surface area (Å²) in [5.74, 6) is -4.84. The summed E-state index contributed by atoms with van der Waals surface area (Å²) in [5, 5.41) is 8.88. The first kappa shape index (κ1) is 18.1. The third-order valence-corrected chi connectivity index (χ3v) is 2.03. The summed E-state index contributed by atoms with van der Waals surface area (Å²) in [6.07, 6.45) is -3.87. The number of pyridine rings is 1. The number of nitrogens with zero attached hydrogens (tertiary/aromatic N) is 1. The van der Waals surface area contributed by atoms with Crippen LogP contribution in [0, 0.1) is 5.41 Å². The fraction of sp³-hybridized carbons (Fsp3) is 0.455. The number of anilines is 2. The Morgan fingerprint density at radius 3 is 2.30 bits per heavy atom. The molecule has 0 bridgehead atoms. The van der Waals surface area contributed by atoms with Gasteiger partial charge in [-0.2, -0.15) is 22.0 Å². The Bertz CT molecular complexity index is 445. The monoisotopic (exact) mass is 298 g/mol. The zero-order valence-electron chi connectivity index (χ0n) is 10.9. The Hall–Kier alpha value is -1.93. The Morgan fingerprint density at radius 1 is 1.30 bits per heavy atom. The molecule has 1 aromatic rings. The Labute approximate surface area is 112 Å². The average Bonchev–Trinajstić information content (AvgIpc) is 2.38. The van der Waals surface area contributed by atoms with Crippen molar-refractivity contribution in [2.75, 3.05) is 17.6 Å². The Morgan fingerprint density at radius 2 is 1.85 bits per heavy atom. The summed E-state index contributed by atoms with van der Waals surface area (Å²) in [5.41, 5.74) is 5.23. The number of aromatic nitrogens is 1. The summed E-state index contributed by atoms with van der Waals surface area (Å²) < 4.78 is 61.0. The second-order valence-corrected chi connectivity index (χ2v) is 3.40. The lowest BCUT2D eigenvalue weighted by Crippen LogP contribution is -2.42. The van der Waals surface area contributed by atoms with Crippen molar-refractivity contribution in [2.24, 2.45) is 0 Å². The number of nitrogen functional groups attached to an aromatic ring is 1. The standard InChI is InChI=1S/C9H9F5N4.C2H6/c10-8(11,9(12,13)14)4-18-6-3-17-7(16)1-5(6)2-15;1-2/h1-3,15,18H,4H2,(H2,16,17);1-2H3. The fourth-order valence-electron chi connectivity index (χ4n) is 1.06. The predicted molar refractivity (Wildman–Crippen MR) is 67.4 cm³/mol. The fourth-order valence-corrected chi connectivity index (χ4v) is 1.06. The van der Waals surface area contributed by atoms with Crippen LogP contribution in [-0.2, 0) is 0 Å². The molecule has 0 saturated heterocycles. The summed E-state index contributed by atoms with van der Waals surface area (Å²) in [6, 6.07) is 1.18. The normalized spacial score (nSPS) is 11.3. The van der Waals surface area contributed by atoms with Crippen molar-refractivity contribution in [3.63, 3.8) is 0 Å². The zero-order chi connectivity index (χ0) is 16.0. The molecule has 4 nitrogen and oxygen atoms in total. The molecule has 0 aliphatic carbocycles. The van der Waals surface area contributed by atoms with Crippen molar-refractivity contribution in [1.82, 2.24) is 4.98 Å². The minimum absolute atomic E-state index is 0.0293. The maximum Gasteiger partial charge on any atom is 0.455 e. The molecule has 0 unspecified atom stereocenters. The molecule has 0 aromatic carbocycles. The van der Waals surface area contributed by atoms with Crippen LogP contribution in [-0.4, -0.2) is 29.8 Å². The number of hydrogen-bond donors (Lipinski definition) is 3. The average molecular weight is 298 g/mol. The summed E-state index contributed by atoms with van der Waals surface area (Å²) >= 11 is 0. The van der Waals surface area contributed by atoms with Crippen LogP contribution in [0.5, 0.6) is 0 Å². The van der Waals surface area contributed by atoms with Crippen molar-refractivity contribution in [3.05, 3.63) is 17.8 Å². The highest BCUT2D eigenvalue weighted by atomic mass is 19.4. The summed E-state index contributed by atoms with van der Waals surface area (Å²) in [6.45, 7) is 2.36. The quantitative estimate of drug-likeness (QED) is 0.590. The molecule has 114 valence electrons. The Balaban J connectivity index is 0.00000172. The van der Waals surface area contributed by atoms with Gasteiger partial charge in [0.15, 0.2) is 0 Å². The maximum absolute atomic E-state index is 12.6. The smallest absolute Gasteiger partial charge is 0.384 e. The number of rotatable bonds is 4. The van der Waals surface area contributed by atoms with Crippen molar-refractivity contribution >= 4 is 17.7 Å². The first-order valence-electron chi connectivity index (χ1n) is 5.62. The van der Waals surface area contributed by atoms with Gasteiger partial charge in [-0.1, -0.05) is 13.8 Å². The highest BCUT2D eigenvalue weighted by Gasteiger charge is 2.57. The van der Waals surface area contributed by atoms with Gasteiger partial charge in [-0.25, -0.2) is 4.98 Å². The van der Waals surface area contributed by atoms with E-state index in [9.17, 15) is 22.0 Å². The van der Waals surface area contributed by atoms with Gasteiger partial charge in [0.2, 0.25) is 0 Å². The highest BCUT2D eigenvalue weighted by Crippen LogP contribution is 2.35. The largest absolute Gasteiger partial charge is 0.455 e. The molecule has 1 aromatic heterocycles. The minimum atomic E-state index is -5.63. The highest BCUT2D eigenvalue weighted by molar-refractivity contribution is 5.86. The summed E-state index contributed by atoms with van der Waals surface area (Å²) in [4.78, 5) is 3.54. The van der Waals surface area contributed by atoms with Crippen LogP contribution in [0.1, 0.15) is 19.4 Å². The molecule has 0 aliphatic rings. The molecule has 1 rings (SSSR count). The van der Waals surface area contributed by atoms with E-state index in [1.807, 2.05) is 19.2 Å². The van der Waals surface area contributed by atoms with Crippen LogP contribution in [0.3, 0.4) is 0 Å². The zero-order valence-corrected chi connectivity index (χ0v) is 10.9. The van der Waals surface area contributed by atoms with Gasteiger partial charge in [-0.3, -0.25) is 0 Å². The van der Waals surface area contributed by atoms with Crippen LogP contribution in [0.2, 0.25) is 0 Å². The van der Waals surface area contributed by atoms with Gasteiger partial charge in [0.05, 0.1) is 18.4 Å². The first-order valence-corrected chi connectivity index (χ1v) is 5.62. The molecule has 1 heterocycles. The van der Waals surface area contributed by atoms with E-state index in [2.05, 4.69) is 4.98 Å². The molecule has 20 heavy (non-hydrogen) atoms. The molecular weight excluding hydrogens is 283 g/mol. The van der Waals surface area contributed by atoms with Gasteiger partial charge in [0.25, 0.3) is 0 Å². The van der Waals surface area contributed by atoms with Gasteiger partial charge in [0, 0.05) is 11.8 Å². The van der Waals surface area contributed by atoms with Gasteiger partial charge >= 0.3 is 12.1 Å². The molecule has 0 fully saturated rings. The second-order valence-electron chi connectivity index (χ2n) is 3.40. The first-order chi connectivity index (χ1) is 9.17. The third-order valence-electron chi connectivity index (χ3n) is 2.03.